The first-order chi connectivity index (χ1) is 24.1. The zero-order valence-corrected chi connectivity index (χ0v) is 32.7. The Morgan fingerprint density at radius 3 is 1.26 bits per heavy atom. The van der Waals surface area contributed by atoms with E-state index in [2.05, 4.69) is 18.4 Å². The average molecular weight is 736 g/mol. The first kappa shape index (κ1) is 48.5. The van der Waals surface area contributed by atoms with Crippen LogP contribution in [0.2, 0.25) is 0 Å². The molecule has 0 saturated heterocycles. The molecule has 0 aromatic carbocycles. The van der Waals surface area contributed by atoms with E-state index in [0.717, 1.165) is 38.5 Å². The van der Waals surface area contributed by atoms with Crippen molar-refractivity contribution in [2.24, 2.45) is 5.73 Å². The molecule has 3 unspecified atom stereocenters. The van der Waals surface area contributed by atoms with E-state index in [4.69, 9.17) is 24.8 Å². The zero-order chi connectivity index (χ0) is 37.1. The van der Waals surface area contributed by atoms with E-state index in [1.165, 1.54) is 116 Å². The fraction of sp³-hybridized carbons (Fsp3) is 0.921. The number of ether oxygens (including phenoxy) is 2. The number of phosphoric acid groups is 1. The van der Waals surface area contributed by atoms with Crippen LogP contribution in [0.4, 0.5) is 0 Å². The number of carbonyl (C=O) groups excluding carboxylic acids is 2. The average Bonchev–Trinajstić information content (AvgIpc) is 3.09. The highest BCUT2D eigenvalue weighted by Crippen LogP contribution is 2.43. The third-order valence-electron chi connectivity index (χ3n) is 8.86. The van der Waals surface area contributed by atoms with Gasteiger partial charge < -0.3 is 25.2 Å². The molecule has 0 bridgehead atoms. The quantitative estimate of drug-likeness (QED) is 0.0313. The van der Waals surface area contributed by atoms with Gasteiger partial charge in [-0.2, -0.15) is 0 Å². The summed E-state index contributed by atoms with van der Waals surface area (Å²) < 4.78 is 32.6. The Balaban J connectivity index is 4.38. The van der Waals surface area contributed by atoms with Gasteiger partial charge in [-0.3, -0.25) is 23.4 Å². The summed E-state index contributed by atoms with van der Waals surface area (Å²) in [6.45, 7) is 2.80. The molecule has 50 heavy (non-hydrogen) atoms. The lowest BCUT2D eigenvalue weighted by Gasteiger charge is -2.20. The lowest BCUT2D eigenvalue weighted by Crippen LogP contribution is -2.34. The smallest absolute Gasteiger partial charge is 0.472 e. The molecule has 0 aliphatic heterocycles. The number of aliphatic carboxylic acids is 1. The summed E-state index contributed by atoms with van der Waals surface area (Å²) in [6.07, 6.45) is 30.2. The number of unbranched alkanes of at least 4 members (excludes halogenated alkanes) is 24. The molecule has 0 fully saturated rings. The van der Waals surface area contributed by atoms with Crippen LogP contribution in [0.15, 0.2) is 0 Å². The number of carboxylic acids is 1. The molecule has 0 aromatic rings. The maximum Gasteiger partial charge on any atom is 0.472 e. The summed E-state index contributed by atoms with van der Waals surface area (Å²) in [5.74, 6) is -2.36. The molecule has 0 aliphatic rings. The maximum atomic E-state index is 12.6. The molecule has 0 rings (SSSR count). The third kappa shape index (κ3) is 33.6. The number of phosphoric ester groups is 1. The van der Waals surface area contributed by atoms with Gasteiger partial charge in [0.15, 0.2) is 6.10 Å². The minimum Gasteiger partial charge on any atom is -0.480 e. The van der Waals surface area contributed by atoms with Gasteiger partial charge in [-0.05, 0) is 12.8 Å². The molecule has 3 atom stereocenters. The second-order valence-electron chi connectivity index (χ2n) is 13.8. The van der Waals surface area contributed by atoms with Gasteiger partial charge in [-0.25, -0.2) is 4.57 Å². The number of rotatable bonds is 38. The van der Waals surface area contributed by atoms with Gasteiger partial charge in [-0.1, -0.05) is 168 Å². The second-order valence-corrected chi connectivity index (χ2v) is 15.2. The Morgan fingerprint density at radius 1 is 0.540 bits per heavy atom. The van der Waals surface area contributed by atoms with Crippen molar-refractivity contribution in [3.8, 4) is 0 Å². The summed E-state index contributed by atoms with van der Waals surface area (Å²) in [4.78, 5) is 45.8. The van der Waals surface area contributed by atoms with E-state index in [-0.39, 0.29) is 19.4 Å². The fourth-order valence-corrected chi connectivity index (χ4v) is 6.43. The normalized spacial score (nSPS) is 13.8. The predicted octanol–water partition coefficient (Wildman–Crippen LogP) is 9.95. The Hall–Kier alpha value is -1.52. The van der Waals surface area contributed by atoms with Crippen molar-refractivity contribution in [3.05, 3.63) is 0 Å². The third-order valence-corrected chi connectivity index (χ3v) is 9.81. The minimum atomic E-state index is -4.70. The topological polar surface area (TPSA) is 172 Å². The highest BCUT2D eigenvalue weighted by Gasteiger charge is 2.28. The van der Waals surface area contributed by atoms with Crippen LogP contribution in [0.5, 0.6) is 0 Å². The predicted molar refractivity (Wildman–Crippen MR) is 199 cm³/mol. The molecule has 296 valence electrons. The summed E-state index contributed by atoms with van der Waals surface area (Å²) in [5.41, 5.74) is 5.32. The van der Waals surface area contributed by atoms with Crippen LogP contribution in [0.25, 0.3) is 0 Å². The summed E-state index contributed by atoms with van der Waals surface area (Å²) in [6, 6.07) is -1.51. The zero-order valence-electron chi connectivity index (χ0n) is 31.8. The van der Waals surface area contributed by atoms with Gasteiger partial charge in [0, 0.05) is 12.8 Å². The van der Waals surface area contributed by atoms with Crippen LogP contribution >= 0.6 is 7.82 Å². The van der Waals surface area contributed by atoms with Crippen molar-refractivity contribution in [2.45, 2.75) is 206 Å². The second kappa shape index (κ2) is 34.6. The van der Waals surface area contributed by atoms with Gasteiger partial charge in [0.1, 0.15) is 12.6 Å². The lowest BCUT2D eigenvalue weighted by molar-refractivity contribution is -0.161. The van der Waals surface area contributed by atoms with Crippen LogP contribution in [0.3, 0.4) is 0 Å². The van der Waals surface area contributed by atoms with Crippen molar-refractivity contribution in [3.63, 3.8) is 0 Å². The number of carboxylic acid groups (broad SMARTS) is 1. The Kier molecular flexibility index (Phi) is 33.5. The number of hydrogen-bond donors (Lipinski definition) is 3. The van der Waals surface area contributed by atoms with Crippen LogP contribution < -0.4 is 5.73 Å². The van der Waals surface area contributed by atoms with E-state index in [1.807, 2.05) is 0 Å². The van der Waals surface area contributed by atoms with E-state index in [0.29, 0.717) is 12.8 Å². The highest BCUT2D eigenvalue weighted by molar-refractivity contribution is 7.47. The molecule has 0 saturated carbocycles. The van der Waals surface area contributed by atoms with Crippen LogP contribution in [-0.4, -0.2) is 59.9 Å². The summed E-state index contributed by atoms with van der Waals surface area (Å²) in [5, 5.41) is 8.86. The molecule has 4 N–H and O–H groups in total. The molecule has 0 amide bonds. The first-order valence-electron chi connectivity index (χ1n) is 20.1. The van der Waals surface area contributed by atoms with Gasteiger partial charge in [0.25, 0.3) is 0 Å². The maximum absolute atomic E-state index is 12.6. The standard InChI is InChI=1S/C38H74NO10P/c1-3-5-7-9-11-13-15-17-18-20-22-24-26-28-30-37(41)49-34(32-47-50(44,45)48-33-35(39)38(42)43)31-46-36(40)29-27-25-23-21-19-16-14-12-10-8-6-4-2/h34-35H,3-33,39H2,1-2H3,(H,42,43)(H,44,45). The van der Waals surface area contributed by atoms with Crippen LogP contribution in [0.1, 0.15) is 194 Å². The molecular weight excluding hydrogens is 661 g/mol. The molecule has 0 radical (unpaired) electrons. The summed E-state index contributed by atoms with van der Waals surface area (Å²) in [7, 11) is -4.70. The molecule has 0 aliphatic carbocycles. The van der Waals surface area contributed by atoms with Crippen molar-refractivity contribution < 1.29 is 47.5 Å². The van der Waals surface area contributed by atoms with Crippen molar-refractivity contribution in [1.82, 2.24) is 0 Å². The van der Waals surface area contributed by atoms with Crippen molar-refractivity contribution in [2.75, 3.05) is 19.8 Å². The summed E-state index contributed by atoms with van der Waals surface area (Å²) >= 11 is 0. The van der Waals surface area contributed by atoms with Gasteiger partial charge in [0.2, 0.25) is 0 Å². The largest absolute Gasteiger partial charge is 0.480 e. The van der Waals surface area contributed by atoms with Gasteiger partial charge >= 0.3 is 25.7 Å². The Labute approximate surface area is 304 Å². The highest BCUT2D eigenvalue weighted by atomic mass is 31.2. The van der Waals surface area contributed by atoms with Gasteiger partial charge in [-0.15, -0.1) is 0 Å². The number of esters is 2. The van der Waals surface area contributed by atoms with Crippen LogP contribution in [0, 0.1) is 0 Å². The monoisotopic (exact) mass is 736 g/mol. The Bertz CT molecular complexity index is 875. The van der Waals surface area contributed by atoms with Crippen molar-refractivity contribution >= 4 is 25.7 Å². The number of hydrogen-bond acceptors (Lipinski definition) is 9. The van der Waals surface area contributed by atoms with E-state index in [1.54, 1.807) is 0 Å². The molecule has 0 spiro atoms. The molecule has 0 heterocycles. The Morgan fingerprint density at radius 2 is 0.880 bits per heavy atom. The van der Waals surface area contributed by atoms with Crippen molar-refractivity contribution in [1.29, 1.82) is 0 Å². The molecule has 11 nitrogen and oxygen atoms in total. The van der Waals surface area contributed by atoms with Gasteiger partial charge in [0.05, 0.1) is 13.2 Å². The molecular formula is C38H74NO10P. The SMILES string of the molecule is CCCCCCCCCCCCCCCCC(=O)OC(COC(=O)CCCCCCCCCCCCCC)COP(=O)(O)OCC(N)C(=O)O. The fourth-order valence-electron chi connectivity index (χ4n) is 5.65. The number of carbonyl (C=O) groups is 3. The van der Waals surface area contributed by atoms with Crippen LogP contribution in [-0.2, 0) is 37.5 Å². The van der Waals surface area contributed by atoms with E-state index < -0.39 is 51.1 Å². The lowest BCUT2D eigenvalue weighted by atomic mass is 10.0. The molecule has 12 heteroatoms. The first-order valence-corrected chi connectivity index (χ1v) is 21.6. The molecule has 0 aromatic heterocycles. The minimum absolute atomic E-state index is 0.169. The van der Waals surface area contributed by atoms with E-state index >= 15 is 0 Å². The number of nitrogens with two attached hydrogens (primary N) is 1. The van der Waals surface area contributed by atoms with E-state index in [9.17, 15) is 23.8 Å².